The van der Waals surface area contributed by atoms with Crippen LogP contribution in [0, 0.1) is 0 Å². The van der Waals surface area contributed by atoms with Crippen molar-refractivity contribution in [2.75, 3.05) is 21.3 Å². The number of carbonyl (C=O) groups excluding carboxylic acids is 1. The van der Waals surface area contributed by atoms with E-state index in [0.717, 1.165) is 36.1 Å². The second-order valence-corrected chi connectivity index (χ2v) is 6.38. The minimum absolute atomic E-state index is 0.179. The summed E-state index contributed by atoms with van der Waals surface area (Å²) < 4.78 is 11.0. The van der Waals surface area contributed by atoms with Crippen molar-refractivity contribution in [3.63, 3.8) is 0 Å². The topological polar surface area (TPSA) is 64.8 Å². The summed E-state index contributed by atoms with van der Waals surface area (Å²) in [5, 5.41) is 2.32. The van der Waals surface area contributed by atoms with Crippen LogP contribution in [0.1, 0.15) is 30.7 Å². The van der Waals surface area contributed by atoms with Crippen LogP contribution in [-0.4, -0.2) is 38.2 Å². The Bertz CT molecular complexity index is 754. The number of hydrogen-bond acceptors (Lipinski definition) is 3. The van der Waals surface area contributed by atoms with E-state index in [-0.39, 0.29) is 12.1 Å². The van der Waals surface area contributed by atoms with Gasteiger partial charge in [0.15, 0.2) is 0 Å². The van der Waals surface area contributed by atoms with Crippen LogP contribution in [0.3, 0.4) is 0 Å². The Kier molecular flexibility index (Phi) is 4.51. The van der Waals surface area contributed by atoms with Crippen LogP contribution in [-0.2, 0) is 0 Å². The van der Waals surface area contributed by atoms with Gasteiger partial charge in [0.1, 0.15) is 11.5 Å². The molecule has 0 aliphatic heterocycles. The zero-order valence-electron chi connectivity index (χ0n) is 14.4. The van der Waals surface area contributed by atoms with Gasteiger partial charge < -0.3 is 20.1 Å². The summed E-state index contributed by atoms with van der Waals surface area (Å²) in [6, 6.07) is 10.0. The lowest BCUT2D eigenvalue weighted by atomic mass is 9.91. The van der Waals surface area contributed by atoms with E-state index in [2.05, 4.69) is 18.2 Å². The van der Waals surface area contributed by atoms with Gasteiger partial charge in [0, 0.05) is 18.7 Å². The van der Waals surface area contributed by atoms with Gasteiger partial charge in [0.25, 0.3) is 0 Å². The SMILES string of the molecule is COc1ccc2ccc(OC)c(C3CCC(N(C)C(N)=O)C3)c2c1. The van der Waals surface area contributed by atoms with Crippen LogP contribution in [0.25, 0.3) is 10.8 Å². The number of primary amides is 1. The largest absolute Gasteiger partial charge is 0.497 e. The lowest BCUT2D eigenvalue weighted by Gasteiger charge is -2.23. The fraction of sp³-hybridized carbons (Fsp3) is 0.421. The van der Waals surface area contributed by atoms with Gasteiger partial charge in [-0.25, -0.2) is 4.79 Å². The highest BCUT2D eigenvalue weighted by Gasteiger charge is 2.32. The first-order valence-corrected chi connectivity index (χ1v) is 8.22. The van der Waals surface area contributed by atoms with Gasteiger partial charge in [0.05, 0.1) is 14.2 Å². The van der Waals surface area contributed by atoms with Gasteiger partial charge in [0.2, 0.25) is 0 Å². The summed E-state index contributed by atoms with van der Waals surface area (Å²) in [7, 11) is 5.15. The monoisotopic (exact) mass is 328 g/mol. The van der Waals surface area contributed by atoms with E-state index >= 15 is 0 Å². The fourth-order valence-electron chi connectivity index (χ4n) is 3.78. The number of methoxy groups -OCH3 is 2. The molecule has 1 aliphatic rings. The number of amides is 2. The molecular weight excluding hydrogens is 304 g/mol. The third-order valence-corrected chi connectivity index (χ3v) is 5.16. The van der Waals surface area contributed by atoms with E-state index in [9.17, 15) is 4.79 Å². The van der Waals surface area contributed by atoms with Gasteiger partial charge >= 0.3 is 6.03 Å². The normalized spacial score (nSPS) is 20.1. The highest BCUT2D eigenvalue weighted by atomic mass is 16.5. The molecule has 0 heterocycles. The second kappa shape index (κ2) is 6.59. The molecule has 0 saturated heterocycles. The van der Waals surface area contributed by atoms with E-state index in [1.165, 1.54) is 10.9 Å². The molecule has 2 unspecified atom stereocenters. The number of fused-ring (bicyclic) bond motifs is 1. The van der Waals surface area contributed by atoms with Crippen LogP contribution in [0.4, 0.5) is 4.79 Å². The summed E-state index contributed by atoms with van der Waals surface area (Å²) in [5.74, 6) is 2.06. The molecule has 2 amide bonds. The Hall–Kier alpha value is -2.43. The maximum Gasteiger partial charge on any atom is 0.314 e. The molecule has 5 nitrogen and oxygen atoms in total. The van der Waals surface area contributed by atoms with Crippen molar-refractivity contribution in [1.29, 1.82) is 0 Å². The van der Waals surface area contributed by atoms with Crippen molar-refractivity contribution < 1.29 is 14.3 Å². The molecule has 0 aromatic heterocycles. The highest BCUT2D eigenvalue weighted by molar-refractivity contribution is 5.89. The van der Waals surface area contributed by atoms with Crippen molar-refractivity contribution in [2.45, 2.75) is 31.2 Å². The fourth-order valence-corrected chi connectivity index (χ4v) is 3.78. The zero-order valence-corrected chi connectivity index (χ0v) is 14.4. The average molecular weight is 328 g/mol. The van der Waals surface area contributed by atoms with Gasteiger partial charge in [-0.2, -0.15) is 0 Å². The van der Waals surface area contributed by atoms with Crippen molar-refractivity contribution in [3.8, 4) is 11.5 Å². The van der Waals surface area contributed by atoms with E-state index in [1.807, 2.05) is 12.1 Å². The first kappa shape index (κ1) is 16.4. The van der Waals surface area contributed by atoms with E-state index in [4.69, 9.17) is 15.2 Å². The van der Waals surface area contributed by atoms with Gasteiger partial charge in [-0.3, -0.25) is 0 Å². The Morgan fingerprint density at radius 3 is 2.58 bits per heavy atom. The van der Waals surface area contributed by atoms with Crippen LogP contribution >= 0.6 is 0 Å². The number of ether oxygens (including phenoxy) is 2. The molecule has 5 heteroatoms. The molecule has 2 atom stereocenters. The van der Waals surface area contributed by atoms with Gasteiger partial charge in [-0.1, -0.05) is 12.1 Å². The highest BCUT2D eigenvalue weighted by Crippen LogP contribution is 2.44. The smallest absolute Gasteiger partial charge is 0.314 e. The summed E-state index contributed by atoms with van der Waals surface area (Å²) in [6.07, 6.45) is 2.86. The minimum atomic E-state index is -0.368. The lowest BCUT2D eigenvalue weighted by Crippen LogP contribution is -2.39. The molecule has 2 N–H and O–H groups in total. The molecule has 128 valence electrons. The molecule has 2 aromatic carbocycles. The molecule has 1 fully saturated rings. The van der Waals surface area contributed by atoms with Crippen LogP contribution in [0.2, 0.25) is 0 Å². The molecule has 1 aliphatic carbocycles. The first-order valence-electron chi connectivity index (χ1n) is 8.22. The third kappa shape index (κ3) is 2.86. The number of nitrogens with zero attached hydrogens (tertiary/aromatic N) is 1. The molecule has 2 aromatic rings. The number of carbonyl (C=O) groups is 1. The van der Waals surface area contributed by atoms with Crippen molar-refractivity contribution in [2.24, 2.45) is 5.73 Å². The van der Waals surface area contributed by atoms with Crippen LogP contribution in [0.15, 0.2) is 30.3 Å². The number of nitrogens with two attached hydrogens (primary N) is 1. The zero-order chi connectivity index (χ0) is 17.3. The van der Waals surface area contributed by atoms with Crippen molar-refractivity contribution >= 4 is 16.8 Å². The Balaban J connectivity index is 2.03. The van der Waals surface area contributed by atoms with E-state index in [0.29, 0.717) is 5.92 Å². The van der Waals surface area contributed by atoms with E-state index < -0.39 is 0 Å². The predicted molar refractivity (Wildman–Crippen MR) is 94.8 cm³/mol. The lowest BCUT2D eigenvalue weighted by molar-refractivity contribution is 0.200. The molecule has 3 rings (SSSR count). The molecule has 0 spiro atoms. The van der Waals surface area contributed by atoms with Crippen LogP contribution < -0.4 is 15.2 Å². The Labute approximate surface area is 142 Å². The summed E-state index contributed by atoms with van der Waals surface area (Å²) in [5.41, 5.74) is 6.63. The average Bonchev–Trinajstić information content (AvgIpc) is 3.08. The number of rotatable bonds is 4. The first-order chi connectivity index (χ1) is 11.5. The van der Waals surface area contributed by atoms with E-state index in [1.54, 1.807) is 26.2 Å². The van der Waals surface area contributed by atoms with Crippen molar-refractivity contribution in [3.05, 3.63) is 35.9 Å². The molecule has 1 saturated carbocycles. The minimum Gasteiger partial charge on any atom is -0.497 e. The quantitative estimate of drug-likeness (QED) is 0.934. The van der Waals surface area contributed by atoms with Gasteiger partial charge in [-0.15, -0.1) is 0 Å². The molecule has 0 bridgehead atoms. The number of benzene rings is 2. The number of urea groups is 1. The maximum atomic E-state index is 11.5. The van der Waals surface area contributed by atoms with Crippen LogP contribution in [0.5, 0.6) is 11.5 Å². The van der Waals surface area contributed by atoms with Crippen molar-refractivity contribution in [1.82, 2.24) is 4.90 Å². The molecule has 0 radical (unpaired) electrons. The van der Waals surface area contributed by atoms with Gasteiger partial charge in [-0.05, 0) is 54.2 Å². The predicted octanol–water partition coefficient (Wildman–Crippen LogP) is 3.50. The summed E-state index contributed by atoms with van der Waals surface area (Å²) in [6.45, 7) is 0. The summed E-state index contributed by atoms with van der Waals surface area (Å²) >= 11 is 0. The standard InChI is InChI=1S/C19H24N2O3/c1-21(19(20)22)14-7-4-13(10-14)18-16-11-15(23-2)8-5-12(16)6-9-17(18)24-3/h5-6,8-9,11,13-14H,4,7,10H2,1-3H3,(H2,20,22). The maximum absolute atomic E-state index is 11.5. The third-order valence-electron chi connectivity index (χ3n) is 5.16. The molecular formula is C19H24N2O3. The molecule has 24 heavy (non-hydrogen) atoms. The summed E-state index contributed by atoms with van der Waals surface area (Å²) in [4.78, 5) is 13.1. The Morgan fingerprint density at radius 2 is 1.92 bits per heavy atom. The number of hydrogen-bond donors (Lipinski definition) is 1. The second-order valence-electron chi connectivity index (χ2n) is 6.38. The Morgan fingerprint density at radius 1 is 1.17 bits per heavy atom.